The first kappa shape index (κ1) is 29.8. The number of fused-ring (bicyclic) bond motifs is 13. The summed E-state index contributed by atoms with van der Waals surface area (Å²) in [6.07, 6.45) is 0. The van der Waals surface area contributed by atoms with E-state index in [4.69, 9.17) is 9.97 Å². The molecule has 0 atom stereocenters. The van der Waals surface area contributed by atoms with Crippen LogP contribution in [0.15, 0.2) is 182 Å². The lowest BCUT2D eigenvalue weighted by Gasteiger charge is -2.12. The predicted octanol–water partition coefficient (Wildman–Crippen LogP) is 13.5. The van der Waals surface area contributed by atoms with E-state index in [9.17, 15) is 0 Å². The number of nitrogens with zero attached hydrogens (tertiary/aromatic N) is 4. The maximum atomic E-state index is 5.26. The van der Waals surface area contributed by atoms with Crippen molar-refractivity contribution in [1.29, 1.82) is 0 Å². The summed E-state index contributed by atoms with van der Waals surface area (Å²) in [4.78, 5) is 10.4. The molecule has 4 heterocycles. The smallest absolute Gasteiger partial charge is 0.160 e. The minimum absolute atomic E-state index is 0.714. The van der Waals surface area contributed by atoms with Crippen LogP contribution in [0.3, 0.4) is 0 Å². The lowest BCUT2D eigenvalue weighted by atomic mass is 10.0. The van der Waals surface area contributed by atoms with Gasteiger partial charge in [0.25, 0.3) is 0 Å². The zero-order valence-electron chi connectivity index (χ0n) is 30.1. The normalized spacial score (nSPS) is 12.3. The highest BCUT2D eigenvalue weighted by Crippen LogP contribution is 2.47. The average molecular weight is 711 g/mol. The molecule has 9 aromatic carbocycles. The summed E-state index contributed by atoms with van der Waals surface area (Å²) in [5, 5.41) is 13.6. The van der Waals surface area contributed by atoms with Crippen LogP contribution in [0.25, 0.3) is 121 Å². The molecule has 4 heteroatoms. The fourth-order valence-electron chi connectivity index (χ4n) is 9.48. The largest absolute Gasteiger partial charge is 0.309 e. The number of hydrogen-bond donors (Lipinski definition) is 0. The molecule has 0 fully saturated rings. The van der Waals surface area contributed by atoms with E-state index < -0.39 is 0 Å². The fourth-order valence-corrected chi connectivity index (χ4v) is 9.48. The standard InChI is InChI=1S/C52H30N4/c1-2-12-33-27-36(22-21-31(33)11-1)49-40-17-5-8-18-44(40)53-52(54-49)32-23-25-37(26-24-32)55-45-19-9-6-15-38(45)41-30-42-39-16-7-10-20-46(39)56-47-29-35-14-4-3-13-34(35)28-43(47)48(50(41)55)51(42)56/h1-30H. The Hall–Kier alpha value is -7.56. The molecule has 56 heavy (non-hydrogen) atoms. The maximum absolute atomic E-state index is 5.26. The van der Waals surface area contributed by atoms with Crippen LogP contribution in [-0.4, -0.2) is 18.9 Å². The molecule has 0 saturated heterocycles. The fraction of sp³-hybridized carbons (Fsp3) is 0. The van der Waals surface area contributed by atoms with Gasteiger partial charge in [0.2, 0.25) is 0 Å². The van der Waals surface area contributed by atoms with Gasteiger partial charge in [0.15, 0.2) is 5.82 Å². The Kier molecular flexibility index (Phi) is 5.86. The molecule has 0 bridgehead atoms. The van der Waals surface area contributed by atoms with Crippen molar-refractivity contribution in [2.75, 3.05) is 0 Å². The molecule has 0 aliphatic heterocycles. The zero-order valence-corrected chi connectivity index (χ0v) is 30.1. The maximum Gasteiger partial charge on any atom is 0.160 e. The number of hydrogen-bond acceptors (Lipinski definition) is 2. The summed E-state index contributed by atoms with van der Waals surface area (Å²) >= 11 is 0. The molecule has 0 N–H and O–H groups in total. The third-order valence-corrected chi connectivity index (χ3v) is 12.0. The Morgan fingerprint density at radius 3 is 1.77 bits per heavy atom. The van der Waals surface area contributed by atoms with Crippen LogP contribution in [-0.2, 0) is 0 Å². The van der Waals surface area contributed by atoms with Crippen molar-refractivity contribution in [3.05, 3.63) is 182 Å². The van der Waals surface area contributed by atoms with E-state index in [2.05, 4.69) is 191 Å². The van der Waals surface area contributed by atoms with Gasteiger partial charge >= 0.3 is 0 Å². The van der Waals surface area contributed by atoms with Gasteiger partial charge in [0, 0.05) is 54.5 Å². The molecule has 4 nitrogen and oxygen atoms in total. The number of para-hydroxylation sites is 3. The van der Waals surface area contributed by atoms with Crippen molar-refractivity contribution in [2.24, 2.45) is 0 Å². The molecular formula is C52H30N4. The minimum atomic E-state index is 0.714. The average Bonchev–Trinajstić information content (AvgIpc) is 3.89. The summed E-state index contributed by atoms with van der Waals surface area (Å²) in [7, 11) is 0. The highest BCUT2D eigenvalue weighted by molar-refractivity contribution is 6.34. The summed E-state index contributed by atoms with van der Waals surface area (Å²) in [6.45, 7) is 0. The summed E-state index contributed by atoms with van der Waals surface area (Å²) in [6, 6.07) is 65.8. The van der Waals surface area contributed by atoms with Crippen LogP contribution in [0.4, 0.5) is 0 Å². The molecule has 0 spiro atoms. The van der Waals surface area contributed by atoms with Crippen LogP contribution >= 0.6 is 0 Å². The third kappa shape index (κ3) is 4.02. The van der Waals surface area contributed by atoms with Crippen LogP contribution in [0.5, 0.6) is 0 Å². The van der Waals surface area contributed by atoms with Crippen LogP contribution in [0.1, 0.15) is 0 Å². The second kappa shape index (κ2) is 11.0. The minimum Gasteiger partial charge on any atom is -0.309 e. The number of rotatable bonds is 3. The first-order chi connectivity index (χ1) is 27.8. The van der Waals surface area contributed by atoms with Gasteiger partial charge in [-0.2, -0.15) is 0 Å². The first-order valence-corrected chi connectivity index (χ1v) is 19.2. The zero-order chi connectivity index (χ0) is 36.5. The topological polar surface area (TPSA) is 35.1 Å². The first-order valence-electron chi connectivity index (χ1n) is 19.2. The van der Waals surface area contributed by atoms with Crippen molar-refractivity contribution in [3.8, 4) is 28.3 Å². The van der Waals surface area contributed by atoms with Crippen molar-refractivity contribution < 1.29 is 0 Å². The van der Waals surface area contributed by atoms with Crippen molar-refractivity contribution in [1.82, 2.24) is 18.9 Å². The SMILES string of the molecule is c1ccc2cc(-c3nc(-c4ccc(-n5c6ccccc6c6cc7c8ccccc8n8c9cc%10ccccc%10cc9c(c65)c78)cc4)nc4ccccc34)ccc2c1. The van der Waals surface area contributed by atoms with Crippen LogP contribution < -0.4 is 0 Å². The highest BCUT2D eigenvalue weighted by Gasteiger charge is 2.24. The Morgan fingerprint density at radius 2 is 0.964 bits per heavy atom. The second-order valence-electron chi connectivity index (χ2n) is 15.0. The Balaban J connectivity index is 1.07. The highest BCUT2D eigenvalue weighted by atomic mass is 15.0. The molecule has 0 unspecified atom stereocenters. The monoisotopic (exact) mass is 710 g/mol. The van der Waals surface area contributed by atoms with Crippen LogP contribution in [0, 0.1) is 0 Å². The van der Waals surface area contributed by atoms with E-state index in [1.807, 2.05) is 0 Å². The van der Waals surface area contributed by atoms with Gasteiger partial charge in [0.1, 0.15) is 0 Å². The van der Waals surface area contributed by atoms with Gasteiger partial charge in [-0.3, -0.25) is 0 Å². The molecule has 258 valence electrons. The molecule has 0 saturated carbocycles. The third-order valence-electron chi connectivity index (χ3n) is 12.0. The van der Waals surface area contributed by atoms with E-state index in [0.717, 1.165) is 33.4 Å². The number of aromatic nitrogens is 4. The van der Waals surface area contributed by atoms with E-state index in [1.54, 1.807) is 0 Å². The van der Waals surface area contributed by atoms with Crippen LogP contribution in [0.2, 0.25) is 0 Å². The summed E-state index contributed by atoms with van der Waals surface area (Å²) < 4.78 is 4.97. The molecule has 0 aliphatic rings. The lowest BCUT2D eigenvalue weighted by Crippen LogP contribution is -1.97. The van der Waals surface area contributed by atoms with Gasteiger partial charge in [-0.1, -0.05) is 115 Å². The molecule has 0 amide bonds. The van der Waals surface area contributed by atoms with Gasteiger partial charge in [0.05, 0.1) is 38.8 Å². The van der Waals surface area contributed by atoms with E-state index in [1.165, 1.54) is 81.4 Å². The van der Waals surface area contributed by atoms with Crippen molar-refractivity contribution >= 4 is 92.3 Å². The molecule has 13 aromatic rings. The summed E-state index contributed by atoms with van der Waals surface area (Å²) in [5.41, 5.74) is 11.2. The van der Waals surface area contributed by atoms with Gasteiger partial charge in [-0.05, 0) is 88.3 Å². The van der Waals surface area contributed by atoms with E-state index in [0.29, 0.717) is 5.82 Å². The summed E-state index contributed by atoms with van der Waals surface area (Å²) in [5.74, 6) is 0.714. The van der Waals surface area contributed by atoms with Gasteiger partial charge in [-0.15, -0.1) is 0 Å². The number of benzene rings is 9. The molecular weight excluding hydrogens is 681 g/mol. The molecule has 4 aromatic heterocycles. The van der Waals surface area contributed by atoms with Gasteiger partial charge < -0.3 is 8.97 Å². The predicted molar refractivity (Wildman–Crippen MR) is 234 cm³/mol. The Bertz CT molecular complexity index is 3760. The molecule has 0 aliphatic carbocycles. The van der Waals surface area contributed by atoms with E-state index in [-0.39, 0.29) is 0 Å². The van der Waals surface area contributed by atoms with E-state index >= 15 is 0 Å². The van der Waals surface area contributed by atoms with Crippen molar-refractivity contribution in [3.63, 3.8) is 0 Å². The molecule has 13 rings (SSSR count). The lowest BCUT2D eigenvalue weighted by molar-refractivity contribution is 1.18. The second-order valence-corrected chi connectivity index (χ2v) is 15.0. The van der Waals surface area contributed by atoms with Crippen molar-refractivity contribution in [2.45, 2.75) is 0 Å². The molecule has 0 radical (unpaired) electrons. The Labute approximate surface area is 320 Å². The Morgan fingerprint density at radius 1 is 0.357 bits per heavy atom. The van der Waals surface area contributed by atoms with Gasteiger partial charge in [-0.25, -0.2) is 9.97 Å². The quantitative estimate of drug-likeness (QED) is 0.183.